The van der Waals surface area contributed by atoms with Crippen molar-refractivity contribution in [1.29, 1.82) is 0 Å². The summed E-state index contributed by atoms with van der Waals surface area (Å²) in [5.41, 5.74) is 0. The van der Waals surface area contributed by atoms with Crippen LogP contribution in [0.3, 0.4) is 0 Å². The lowest BCUT2D eigenvalue weighted by Gasteiger charge is -2.22. The molecule has 0 unspecified atom stereocenters. The van der Waals surface area contributed by atoms with E-state index in [1.54, 1.807) is 0 Å². The number of aromatic nitrogens is 1. The molecule has 2 heterocycles. The largest absolute Gasteiger partial charge is 0.355 e. The van der Waals surface area contributed by atoms with Crippen LogP contribution in [0.15, 0.2) is 30.5 Å². The van der Waals surface area contributed by atoms with Crippen LogP contribution in [0.25, 0.3) is 10.8 Å². The van der Waals surface area contributed by atoms with Crippen LogP contribution in [0.5, 0.6) is 0 Å². The lowest BCUT2D eigenvalue weighted by atomic mass is 10.1. The van der Waals surface area contributed by atoms with E-state index in [1.807, 2.05) is 24.4 Å². The summed E-state index contributed by atoms with van der Waals surface area (Å²) in [6.45, 7) is 4.18. The first-order chi connectivity index (χ1) is 8.84. The van der Waals surface area contributed by atoms with Crippen molar-refractivity contribution >= 4 is 28.2 Å². The molecule has 0 spiro atoms. The molecule has 4 heteroatoms. The SMILES string of the molecule is Clc1ccc2c(N3CCCNCC3)nccc2c1. The molecule has 1 saturated heterocycles. The third-order valence-electron chi connectivity index (χ3n) is 3.35. The number of hydrogen-bond acceptors (Lipinski definition) is 3. The predicted octanol–water partition coefficient (Wildman–Crippen LogP) is 2.69. The highest BCUT2D eigenvalue weighted by atomic mass is 35.5. The minimum atomic E-state index is 0.775. The van der Waals surface area contributed by atoms with E-state index in [2.05, 4.69) is 21.3 Å². The van der Waals surface area contributed by atoms with Crippen LogP contribution in [0.4, 0.5) is 5.82 Å². The van der Waals surface area contributed by atoms with Gasteiger partial charge in [0.05, 0.1) is 0 Å². The Morgan fingerprint density at radius 3 is 3.06 bits per heavy atom. The van der Waals surface area contributed by atoms with E-state index in [4.69, 9.17) is 11.6 Å². The van der Waals surface area contributed by atoms with Crippen molar-refractivity contribution < 1.29 is 0 Å². The van der Waals surface area contributed by atoms with Crippen LogP contribution in [-0.2, 0) is 0 Å². The van der Waals surface area contributed by atoms with Gasteiger partial charge in [-0.1, -0.05) is 11.6 Å². The van der Waals surface area contributed by atoms with E-state index in [0.29, 0.717) is 0 Å². The highest BCUT2D eigenvalue weighted by Gasteiger charge is 2.13. The van der Waals surface area contributed by atoms with Gasteiger partial charge in [0.2, 0.25) is 0 Å². The third-order valence-corrected chi connectivity index (χ3v) is 3.58. The summed E-state index contributed by atoms with van der Waals surface area (Å²) in [4.78, 5) is 6.91. The highest BCUT2D eigenvalue weighted by molar-refractivity contribution is 6.31. The van der Waals surface area contributed by atoms with E-state index < -0.39 is 0 Å². The molecule has 1 aliphatic heterocycles. The molecule has 94 valence electrons. The average molecular weight is 262 g/mol. The van der Waals surface area contributed by atoms with Crippen LogP contribution in [-0.4, -0.2) is 31.2 Å². The maximum Gasteiger partial charge on any atom is 0.136 e. The second kappa shape index (κ2) is 5.12. The topological polar surface area (TPSA) is 28.2 Å². The van der Waals surface area contributed by atoms with Crippen LogP contribution in [0, 0.1) is 0 Å². The summed E-state index contributed by atoms with van der Waals surface area (Å²) in [6.07, 6.45) is 3.03. The van der Waals surface area contributed by atoms with Crippen molar-refractivity contribution in [2.75, 3.05) is 31.1 Å². The van der Waals surface area contributed by atoms with Crippen molar-refractivity contribution in [1.82, 2.24) is 10.3 Å². The van der Waals surface area contributed by atoms with Crippen molar-refractivity contribution in [2.24, 2.45) is 0 Å². The van der Waals surface area contributed by atoms with E-state index in [-0.39, 0.29) is 0 Å². The summed E-state index contributed by atoms with van der Waals surface area (Å²) in [5.74, 6) is 1.08. The summed E-state index contributed by atoms with van der Waals surface area (Å²) in [6, 6.07) is 8.02. The Morgan fingerprint density at radius 2 is 2.11 bits per heavy atom. The van der Waals surface area contributed by atoms with E-state index in [1.165, 1.54) is 5.39 Å². The number of anilines is 1. The van der Waals surface area contributed by atoms with Crippen molar-refractivity contribution in [3.05, 3.63) is 35.5 Å². The Balaban J connectivity index is 2.04. The number of halogens is 1. The number of pyridine rings is 1. The average Bonchev–Trinajstić information content (AvgIpc) is 2.66. The molecule has 0 atom stereocenters. The molecule has 0 radical (unpaired) electrons. The van der Waals surface area contributed by atoms with Gasteiger partial charge in [0.1, 0.15) is 5.82 Å². The molecular formula is C14H16ClN3. The molecule has 0 aliphatic carbocycles. The first kappa shape index (κ1) is 11.8. The summed E-state index contributed by atoms with van der Waals surface area (Å²) in [7, 11) is 0. The molecular weight excluding hydrogens is 246 g/mol. The number of hydrogen-bond donors (Lipinski definition) is 1. The number of nitrogens with one attached hydrogen (secondary N) is 1. The Morgan fingerprint density at radius 1 is 1.17 bits per heavy atom. The fourth-order valence-corrected chi connectivity index (χ4v) is 2.62. The molecule has 0 bridgehead atoms. The normalized spacial score (nSPS) is 16.8. The van der Waals surface area contributed by atoms with Crippen LogP contribution >= 0.6 is 11.6 Å². The van der Waals surface area contributed by atoms with Gasteiger partial charge >= 0.3 is 0 Å². The first-order valence-electron chi connectivity index (χ1n) is 6.34. The summed E-state index contributed by atoms with van der Waals surface area (Å²) in [5, 5.41) is 6.53. The molecule has 0 saturated carbocycles. The molecule has 2 aromatic rings. The van der Waals surface area contributed by atoms with E-state index in [9.17, 15) is 0 Å². The van der Waals surface area contributed by atoms with Gasteiger partial charge in [-0.05, 0) is 42.6 Å². The zero-order valence-corrected chi connectivity index (χ0v) is 11.0. The van der Waals surface area contributed by atoms with E-state index >= 15 is 0 Å². The van der Waals surface area contributed by atoms with Gasteiger partial charge in [-0.25, -0.2) is 4.98 Å². The van der Waals surface area contributed by atoms with Crippen molar-refractivity contribution in [3.63, 3.8) is 0 Å². The van der Waals surface area contributed by atoms with Gasteiger partial charge in [-0.2, -0.15) is 0 Å². The lowest BCUT2D eigenvalue weighted by Crippen LogP contribution is -2.28. The monoisotopic (exact) mass is 261 g/mol. The lowest BCUT2D eigenvalue weighted by molar-refractivity contribution is 0.724. The maximum absolute atomic E-state index is 6.04. The van der Waals surface area contributed by atoms with Crippen LogP contribution in [0.2, 0.25) is 5.02 Å². The molecule has 3 rings (SSSR count). The van der Waals surface area contributed by atoms with Gasteiger partial charge in [-0.3, -0.25) is 0 Å². The second-order valence-electron chi connectivity index (χ2n) is 4.59. The Hall–Kier alpha value is -1.32. The zero-order chi connectivity index (χ0) is 12.4. The third kappa shape index (κ3) is 2.28. The fraction of sp³-hybridized carbons (Fsp3) is 0.357. The highest BCUT2D eigenvalue weighted by Crippen LogP contribution is 2.27. The fourth-order valence-electron chi connectivity index (χ4n) is 2.44. The van der Waals surface area contributed by atoms with Gasteiger partial charge < -0.3 is 10.2 Å². The molecule has 0 amide bonds. The van der Waals surface area contributed by atoms with Crippen LogP contribution in [0.1, 0.15) is 6.42 Å². The van der Waals surface area contributed by atoms with Crippen molar-refractivity contribution in [2.45, 2.75) is 6.42 Å². The standard InChI is InChI=1S/C14H16ClN3/c15-12-2-3-13-11(10-12)4-6-17-14(13)18-8-1-5-16-7-9-18/h2-4,6,10,16H,1,5,7-9H2. The zero-order valence-electron chi connectivity index (χ0n) is 10.2. The first-order valence-corrected chi connectivity index (χ1v) is 6.72. The predicted molar refractivity (Wildman–Crippen MR) is 76.5 cm³/mol. The molecule has 3 nitrogen and oxygen atoms in total. The van der Waals surface area contributed by atoms with Crippen LogP contribution < -0.4 is 10.2 Å². The maximum atomic E-state index is 6.04. The van der Waals surface area contributed by atoms with E-state index in [0.717, 1.165) is 48.8 Å². The minimum absolute atomic E-state index is 0.775. The summed E-state index contributed by atoms with van der Waals surface area (Å²) >= 11 is 6.04. The second-order valence-corrected chi connectivity index (χ2v) is 5.03. The van der Waals surface area contributed by atoms with Gasteiger partial charge in [0.15, 0.2) is 0 Å². The number of nitrogens with zero attached hydrogens (tertiary/aromatic N) is 2. The Bertz CT molecular complexity index is 548. The smallest absolute Gasteiger partial charge is 0.136 e. The van der Waals surface area contributed by atoms with Gasteiger partial charge in [0, 0.05) is 36.2 Å². The minimum Gasteiger partial charge on any atom is -0.355 e. The number of rotatable bonds is 1. The molecule has 18 heavy (non-hydrogen) atoms. The molecule has 1 aromatic heterocycles. The van der Waals surface area contributed by atoms with Crippen molar-refractivity contribution in [3.8, 4) is 0 Å². The Kier molecular flexibility index (Phi) is 3.35. The quantitative estimate of drug-likeness (QED) is 0.856. The molecule has 1 N–H and O–H groups in total. The molecule has 1 fully saturated rings. The molecule has 1 aliphatic rings. The van der Waals surface area contributed by atoms with Gasteiger partial charge in [-0.15, -0.1) is 0 Å². The number of benzene rings is 1. The van der Waals surface area contributed by atoms with Gasteiger partial charge in [0.25, 0.3) is 0 Å². The Labute approximate surface area is 112 Å². The summed E-state index contributed by atoms with van der Waals surface area (Å²) < 4.78 is 0. The number of fused-ring (bicyclic) bond motifs is 1. The molecule has 1 aromatic carbocycles.